The van der Waals surface area contributed by atoms with Crippen LogP contribution in [0.3, 0.4) is 0 Å². The van der Waals surface area contributed by atoms with Crippen molar-refractivity contribution in [2.24, 2.45) is 0 Å². The Bertz CT molecular complexity index is 711. The van der Waals surface area contributed by atoms with Crippen LogP contribution in [0.2, 0.25) is 0 Å². The van der Waals surface area contributed by atoms with E-state index in [1.54, 1.807) is 25.4 Å². The zero-order valence-electron chi connectivity index (χ0n) is 11.1. The molecule has 4 nitrogen and oxygen atoms in total. The van der Waals surface area contributed by atoms with Crippen LogP contribution < -0.4 is 10.0 Å². The van der Waals surface area contributed by atoms with Crippen LogP contribution in [0.1, 0.15) is 10.4 Å². The number of hydrogen-bond acceptors (Lipinski definition) is 4. The van der Waals surface area contributed by atoms with Crippen LogP contribution in [-0.2, 0) is 16.6 Å². The average molecular weight is 314 g/mol. The van der Waals surface area contributed by atoms with Gasteiger partial charge < -0.3 is 5.32 Å². The first-order chi connectivity index (χ1) is 9.44. The highest BCUT2D eigenvalue weighted by Crippen LogP contribution is 2.25. The number of anilines is 1. The Labute approximate surface area is 121 Å². The van der Waals surface area contributed by atoms with E-state index < -0.39 is 15.8 Å². The number of rotatable bonds is 5. The van der Waals surface area contributed by atoms with Gasteiger partial charge in [-0.1, -0.05) is 6.07 Å². The molecule has 2 N–H and O–H groups in total. The van der Waals surface area contributed by atoms with Gasteiger partial charge in [0.1, 0.15) is 10.7 Å². The molecule has 0 aliphatic heterocycles. The highest BCUT2D eigenvalue weighted by molar-refractivity contribution is 7.93. The van der Waals surface area contributed by atoms with E-state index in [0.717, 1.165) is 0 Å². The van der Waals surface area contributed by atoms with Crippen molar-refractivity contribution < 1.29 is 12.8 Å². The largest absolute Gasteiger partial charge is 0.315 e. The molecule has 0 saturated carbocycles. The summed E-state index contributed by atoms with van der Waals surface area (Å²) >= 11 is 1.36. The number of nitrogens with one attached hydrogen (secondary N) is 2. The van der Waals surface area contributed by atoms with Gasteiger partial charge >= 0.3 is 0 Å². The Morgan fingerprint density at radius 2 is 2.05 bits per heavy atom. The summed E-state index contributed by atoms with van der Waals surface area (Å²) in [5.41, 5.74) is 0.923. The summed E-state index contributed by atoms with van der Waals surface area (Å²) in [5, 5.41) is 4.65. The lowest BCUT2D eigenvalue weighted by Gasteiger charge is -2.11. The molecule has 1 aromatic heterocycles. The minimum Gasteiger partial charge on any atom is -0.315 e. The van der Waals surface area contributed by atoms with Crippen LogP contribution in [0.25, 0.3) is 0 Å². The summed E-state index contributed by atoms with van der Waals surface area (Å²) < 4.78 is 40.4. The SMILES string of the molecule is CNCc1sccc1S(=O)(=O)Nc1cc(F)ccc1C. The van der Waals surface area contributed by atoms with Gasteiger partial charge in [-0.25, -0.2) is 12.8 Å². The predicted molar refractivity (Wildman–Crippen MR) is 79.0 cm³/mol. The van der Waals surface area contributed by atoms with Crippen LogP contribution >= 0.6 is 11.3 Å². The molecule has 0 radical (unpaired) electrons. The van der Waals surface area contributed by atoms with E-state index in [9.17, 15) is 12.8 Å². The molecule has 0 amide bonds. The summed E-state index contributed by atoms with van der Waals surface area (Å²) in [4.78, 5) is 0.939. The van der Waals surface area contributed by atoms with Crippen molar-refractivity contribution in [3.8, 4) is 0 Å². The van der Waals surface area contributed by atoms with Gasteiger partial charge in [0.25, 0.3) is 10.0 Å². The number of hydrogen-bond donors (Lipinski definition) is 2. The normalized spacial score (nSPS) is 11.6. The van der Waals surface area contributed by atoms with Crippen LogP contribution in [0.4, 0.5) is 10.1 Å². The molecule has 0 bridgehead atoms. The van der Waals surface area contributed by atoms with Gasteiger partial charge in [-0.3, -0.25) is 4.72 Å². The molecule has 0 aliphatic carbocycles. The molecule has 0 saturated heterocycles. The van der Waals surface area contributed by atoms with Gasteiger partial charge in [0.15, 0.2) is 0 Å². The van der Waals surface area contributed by atoms with E-state index in [1.165, 1.54) is 29.5 Å². The van der Waals surface area contributed by atoms with Gasteiger partial charge in [-0.05, 0) is 43.1 Å². The molecule has 1 aromatic carbocycles. The topological polar surface area (TPSA) is 58.2 Å². The lowest BCUT2D eigenvalue weighted by atomic mass is 10.2. The lowest BCUT2D eigenvalue weighted by molar-refractivity contribution is 0.600. The van der Waals surface area contributed by atoms with Gasteiger partial charge in [-0.2, -0.15) is 0 Å². The Kier molecular flexibility index (Phi) is 4.42. The average Bonchev–Trinajstić information content (AvgIpc) is 2.83. The third-order valence-electron chi connectivity index (χ3n) is 2.78. The smallest absolute Gasteiger partial charge is 0.263 e. The molecule has 20 heavy (non-hydrogen) atoms. The first-order valence-corrected chi connectivity index (χ1v) is 8.30. The molecule has 108 valence electrons. The van der Waals surface area contributed by atoms with Crippen LogP contribution in [0.5, 0.6) is 0 Å². The van der Waals surface area contributed by atoms with Crippen molar-refractivity contribution in [2.45, 2.75) is 18.4 Å². The van der Waals surface area contributed by atoms with E-state index in [0.29, 0.717) is 17.0 Å². The summed E-state index contributed by atoms with van der Waals surface area (Å²) in [7, 11) is -1.96. The molecular weight excluding hydrogens is 299 g/mol. The quantitative estimate of drug-likeness (QED) is 0.892. The van der Waals surface area contributed by atoms with Crippen LogP contribution in [0.15, 0.2) is 34.5 Å². The van der Waals surface area contributed by atoms with Crippen molar-refractivity contribution in [2.75, 3.05) is 11.8 Å². The summed E-state index contributed by atoms with van der Waals surface area (Å²) in [6.45, 7) is 2.19. The van der Waals surface area contributed by atoms with E-state index in [-0.39, 0.29) is 10.6 Å². The second kappa shape index (κ2) is 5.90. The number of benzene rings is 1. The fourth-order valence-corrected chi connectivity index (χ4v) is 4.34. The van der Waals surface area contributed by atoms with Crippen molar-refractivity contribution in [1.29, 1.82) is 0 Å². The molecule has 7 heteroatoms. The molecule has 0 fully saturated rings. The van der Waals surface area contributed by atoms with Gasteiger partial charge in [0, 0.05) is 11.4 Å². The Morgan fingerprint density at radius 3 is 2.75 bits per heavy atom. The Hall–Kier alpha value is -1.44. The number of aryl methyl sites for hydroxylation is 1. The van der Waals surface area contributed by atoms with Crippen LogP contribution in [0, 0.1) is 12.7 Å². The standard InChI is InChI=1S/C13H15FN2O2S2/c1-9-3-4-10(14)7-11(9)16-20(17,18)13-5-6-19-12(13)8-15-2/h3-7,15-16H,8H2,1-2H3. The minimum atomic E-state index is -3.71. The number of thiophene rings is 1. The van der Waals surface area contributed by atoms with Gasteiger partial charge in [0.2, 0.25) is 0 Å². The first-order valence-electron chi connectivity index (χ1n) is 5.94. The summed E-state index contributed by atoms with van der Waals surface area (Å²) in [6, 6.07) is 5.56. The maximum atomic E-state index is 13.2. The molecule has 0 aliphatic rings. The van der Waals surface area contributed by atoms with Crippen molar-refractivity contribution >= 4 is 27.0 Å². The molecule has 2 aromatic rings. The Balaban J connectivity index is 2.36. The second-order valence-corrected chi connectivity index (χ2v) is 6.95. The fourth-order valence-electron chi connectivity index (χ4n) is 1.76. The first kappa shape index (κ1) is 15.0. The van der Waals surface area contributed by atoms with E-state index in [2.05, 4.69) is 10.0 Å². The number of sulfonamides is 1. The molecule has 0 unspecified atom stereocenters. The molecule has 2 rings (SSSR count). The van der Waals surface area contributed by atoms with Crippen molar-refractivity contribution in [1.82, 2.24) is 5.32 Å². The Morgan fingerprint density at radius 1 is 1.30 bits per heavy atom. The fraction of sp³-hybridized carbons (Fsp3) is 0.231. The third-order valence-corrected chi connectivity index (χ3v) is 5.28. The second-order valence-electron chi connectivity index (χ2n) is 4.30. The zero-order valence-corrected chi connectivity index (χ0v) is 12.7. The predicted octanol–water partition coefficient (Wildman–Crippen LogP) is 2.72. The van der Waals surface area contributed by atoms with E-state index >= 15 is 0 Å². The van der Waals surface area contributed by atoms with Gasteiger partial charge in [-0.15, -0.1) is 11.3 Å². The van der Waals surface area contributed by atoms with Crippen LogP contribution in [-0.4, -0.2) is 15.5 Å². The maximum absolute atomic E-state index is 13.2. The zero-order chi connectivity index (χ0) is 14.8. The maximum Gasteiger partial charge on any atom is 0.263 e. The van der Waals surface area contributed by atoms with E-state index in [4.69, 9.17) is 0 Å². The number of halogens is 1. The van der Waals surface area contributed by atoms with E-state index in [1.807, 2.05) is 0 Å². The van der Waals surface area contributed by atoms with Crippen molar-refractivity contribution in [3.63, 3.8) is 0 Å². The monoisotopic (exact) mass is 314 g/mol. The van der Waals surface area contributed by atoms with Gasteiger partial charge in [0.05, 0.1) is 5.69 Å². The lowest BCUT2D eigenvalue weighted by Crippen LogP contribution is -2.16. The molecule has 0 atom stereocenters. The third kappa shape index (κ3) is 3.17. The summed E-state index contributed by atoms with van der Waals surface area (Å²) in [5.74, 6) is -0.478. The summed E-state index contributed by atoms with van der Waals surface area (Å²) in [6.07, 6.45) is 0. The highest BCUT2D eigenvalue weighted by Gasteiger charge is 2.20. The molecule has 1 heterocycles. The molecule has 0 spiro atoms. The van der Waals surface area contributed by atoms with Crippen molar-refractivity contribution in [3.05, 3.63) is 45.9 Å². The molecular formula is C13H15FN2O2S2. The highest BCUT2D eigenvalue weighted by atomic mass is 32.2. The minimum absolute atomic E-state index is 0.223.